The van der Waals surface area contributed by atoms with Crippen LogP contribution in [0.4, 0.5) is 0 Å². The third-order valence-corrected chi connectivity index (χ3v) is 5.85. The number of rotatable bonds is 5. The van der Waals surface area contributed by atoms with Crippen LogP contribution in [0.5, 0.6) is 0 Å². The van der Waals surface area contributed by atoms with Crippen LogP contribution in [-0.2, 0) is 6.42 Å². The summed E-state index contributed by atoms with van der Waals surface area (Å²) in [6.45, 7) is 3.82. The zero-order chi connectivity index (χ0) is 18.8. The smallest absolute Gasteiger partial charge is 0.179 e. The molecule has 0 saturated heterocycles. The first-order valence-corrected chi connectivity index (χ1v) is 9.68. The summed E-state index contributed by atoms with van der Waals surface area (Å²) in [7, 11) is 0. The van der Waals surface area contributed by atoms with Crippen molar-refractivity contribution in [2.24, 2.45) is 5.73 Å². The van der Waals surface area contributed by atoms with Gasteiger partial charge in [0, 0.05) is 28.9 Å². The van der Waals surface area contributed by atoms with Gasteiger partial charge >= 0.3 is 0 Å². The minimum absolute atomic E-state index is 0.0495. The van der Waals surface area contributed by atoms with Crippen molar-refractivity contribution in [3.63, 3.8) is 0 Å². The number of nitrogens with zero attached hydrogens (tertiary/aromatic N) is 3. The molecule has 3 aromatic rings. The lowest BCUT2D eigenvalue weighted by Crippen LogP contribution is -2.14. The summed E-state index contributed by atoms with van der Waals surface area (Å²) in [5, 5.41) is 12.1. The first kappa shape index (κ1) is 18.5. The number of halogens is 1. The molecular formula is C19H17BrN4OS. The number of hydrogen-bond donors (Lipinski definition) is 1. The summed E-state index contributed by atoms with van der Waals surface area (Å²) < 4.78 is 2.78. The first-order chi connectivity index (χ1) is 12.5. The van der Waals surface area contributed by atoms with E-state index in [1.165, 1.54) is 0 Å². The number of Topliss-reactive ketones (excluding diaryl/α,β-unsaturated/α-hetero) is 1. The quantitative estimate of drug-likeness (QED) is 0.623. The van der Waals surface area contributed by atoms with Gasteiger partial charge in [0.2, 0.25) is 0 Å². The molecule has 0 aliphatic heterocycles. The molecule has 7 heteroatoms. The highest BCUT2D eigenvalue weighted by Gasteiger charge is 2.24. The predicted molar refractivity (Wildman–Crippen MR) is 106 cm³/mol. The Morgan fingerprint density at radius 3 is 2.58 bits per heavy atom. The van der Waals surface area contributed by atoms with Gasteiger partial charge in [-0.05, 0) is 54.0 Å². The first-order valence-electron chi connectivity index (χ1n) is 8.00. The van der Waals surface area contributed by atoms with Crippen molar-refractivity contribution in [2.75, 3.05) is 6.54 Å². The topological polar surface area (TPSA) is 84.7 Å². The number of carbonyl (C=O) groups excluding carboxylic acids is 1. The molecular weight excluding hydrogens is 412 g/mol. The minimum Gasteiger partial charge on any atom is -0.324 e. The van der Waals surface area contributed by atoms with Gasteiger partial charge in [-0.2, -0.15) is 5.26 Å². The van der Waals surface area contributed by atoms with E-state index in [-0.39, 0.29) is 12.3 Å². The van der Waals surface area contributed by atoms with Gasteiger partial charge in [-0.25, -0.2) is 4.98 Å². The second-order valence-electron chi connectivity index (χ2n) is 5.88. The molecule has 0 unspecified atom stereocenters. The fraction of sp³-hybridized carbons (Fsp3) is 0.211. The summed E-state index contributed by atoms with van der Waals surface area (Å²) in [5.74, 6) is -0.113. The van der Waals surface area contributed by atoms with E-state index in [9.17, 15) is 4.79 Å². The molecule has 0 amide bonds. The van der Waals surface area contributed by atoms with Crippen LogP contribution >= 0.6 is 27.3 Å². The molecule has 3 rings (SSSR count). The normalized spacial score (nSPS) is 10.7. The number of nitrogens with two attached hydrogens (primary N) is 1. The molecule has 2 N–H and O–H groups in total. The Hall–Kier alpha value is -2.27. The van der Waals surface area contributed by atoms with Gasteiger partial charge < -0.3 is 10.3 Å². The summed E-state index contributed by atoms with van der Waals surface area (Å²) >= 11 is 5.21. The van der Waals surface area contributed by atoms with Crippen molar-refractivity contribution in [2.45, 2.75) is 20.3 Å². The molecule has 2 heterocycles. The number of carbonyl (C=O) groups is 1. The second-order valence-corrected chi connectivity index (χ2v) is 7.73. The molecule has 0 spiro atoms. The highest BCUT2D eigenvalue weighted by molar-refractivity contribution is 9.10. The van der Waals surface area contributed by atoms with Crippen LogP contribution in [0.3, 0.4) is 0 Å². The van der Waals surface area contributed by atoms with Gasteiger partial charge in [-0.15, -0.1) is 11.3 Å². The monoisotopic (exact) mass is 428 g/mol. The van der Waals surface area contributed by atoms with Crippen molar-refractivity contribution < 1.29 is 4.79 Å². The maximum absolute atomic E-state index is 12.4. The zero-order valence-corrected chi connectivity index (χ0v) is 16.8. The average Bonchev–Trinajstić information content (AvgIpc) is 3.16. The van der Waals surface area contributed by atoms with Gasteiger partial charge in [0.05, 0.1) is 38.9 Å². The summed E-state index contributed by atoms with van der Waals surface area (Å²) in [6.07, 6.45) is 0.587. The summed E-state index contributed by atoms with van der Waals surface area (Å²) in [4.78, 5) is 16.9. The van der Waals surface area contributed by atoms with Gasteiger partial charge in [0.25, 0.3) is 0 Å². The summed E-state index contributed by atoms with van der Waals surface area (Å²) in [5.41, 5.74) is 10.4. The SMILES string of the molecule is Cc1nc(Cc2c(Br)c(C(=O)CN)c(C)n2-c2ccc(C#N)cc2)cs1. The van der Waals surface area contributed by atoms with E-state index in [0.717, 1.165) is 32.2 Å². The van der Waals surface area contributed by atoms with Crippen LogP contribution in [0.15, 0.2) is 34.1 Å². The molecule has 0 fully saturated rings. The fourth-order valence-corrected chi connectivity index (χ4v) is 4.43. The van der Waals surface area contributed by atoms with E-state index in [0.29, 0.717) is 17.5 Å². The average molecular weight is 429 g/mol. The van der Waals surface area contributed by atoms with E-state index < -0.39 is 0 Å². The number of nitriles is 1. The predicted octanol–water partition coefficient (Wildman–Crippen LogP) is 3.92. The van der Waals surface area contributed by atoms with Crippen molar-refractivity contribution >= 4 is 33.0 Å². The molecule has 2 aromatic heterocycles. The van der Waals surface area contributed by atoms with Gasteiger partial charge in [-0.3, -0.25) is 4.79 Å². The Bertz CT molecular complexity index is 1010. The van der Waals surface area contributed by atoms with Gasteiger partial charge in [0.15, 0.2) is 5.78 Å². The van der Waals surface area contributed by atoms with Crippen LogP contribution in [0.25, 0.3) is 5.69 Å². The largest absolute Gasteiger partial charge is 0.324 e. The number of aromatic nitrogens is 2. The van der Waals surface area contributed by atoms with E-state index >= 15 is 0 Å². The van der Waals surface area contributed by atoms with Crippen molar-refractivity contribution in [1.29, 1.82) is 5.26 Å². The molecule has 0 atom stereocenters. The molecule has 26 heavy (non-hydrogen) atoms. The minimum atomic E-state index is -0.113. The Morgan fingerprint density at radius 1 is 1.35 bits per heavy atom. The lowest BCUT2D eigenvalue weighted by molar-refractivity contribution is 0.1000. The van der Waals surface area contributed by atoms with Gasteiger partial charge in [0.1, 0.15) is 0 Å². The van der Waals surface area contributed by atoms with E-state index in [2.05, 4.69) is 27.0 Å². The number of thiazole rings is 1. The Balaban J connectivity index is 2.19. The Morgan fingerprint density at radius 2 is 2.04 bits per heavy atom. The molecule has 5 nitrogen and oxygen atoms in total. The number of hydrogen-bond acceptors (Lipinski definition) is 5. The summed E-state index contributed by atoms with van der Waals surface area (Å²) in [6, 6.07) is 9.42. The van der Waals surface area contributed by atoms with Crippen molar-refractivity contribution in [3.8, 4) is 11.8 Å². The second kappa shape index (κ2) is 7.54. The molecule has 132 valence electrons. The lowest BCUT2D eigenvalue weighted by atomic mass is 10.1. The van der Waals surface area contributed by atoms with Crippen LogP contribution < -0.4 is 5.73 Å². The van der Waals surface area contributed by atoms with Gasteiger partial charge in [-0.1, -0.05) is 0 Å². The maximum Gasteiger partial charge on any atom is 0.179 e. The Labute approximate surface area is 164 Å². The molecule has 0 saturated carbocycles. The lowest BCUT2D eigenvalue weighted by Gasteiger charge is -2.12. The molecule has 0 radical (unpaired) electrons. The van der Waals surface area contributed by atoms with Crippen LogP contribution in [-0.4, -0.2) is 21.9 Å². The van der Waals surface area contributed by atoms with Crippen LogP contribution in [0.1, 0.15) is 38.0 Å². The fourth-order valence-electron chi connectivity index (χ4n) is 2.99. The molecule has 1 aromatic carbocycles. The number of ketones is 1. The third kappa shape index (κ3) is 3.36. The Kier molecular flexibility index (Phi) is 5.37. The van der Waals surface area contributed by atoms with E-state index in [1.807, 2.05) is 35.9 Å². The number of aryl methyl sites for hydroxylation is 1. The molecule has 0 bridgehead atoms. The van der Waals surface area contributed by atoms with Crippen molar-refractivity contribution in [1.82, 2.24) is 9.55 Å². The third-order valence-electron chi connectivity index (χ3n) is 4.17. The van der Waals surface area contributed by atoms with Crippen molar-refractivity contribution in [3.05, 3.63) is 67.3 Å². The van der Waals surface area contributed by atoms with Crippen LogP contribution in [0, 0.1) is 25.2 Å². The van der Waals surface area contributed by atoms with E-state index in [4.69, 9.17) is 11.0 Å². The number of benzene rings is 1. The van der Waals surface area contributed by atoms with E-state index in [1.54, 1.807) is 23.5 Å². The molecule has 0 aliphatic rings. The highest BCUT2D eigenvalue weighted by Crippen LogP contribution is 2.33. The standard InChI is InChI=1S/C19H17BrN4OS/c1-11-18(17(25)9-22)19(20)16(7-14-10-26-12(2)23-14)24(11)15-5-3-13(8-21)4-6-15/h3-6,10H,7,9,22H2,1-2H3. The highest BCUT2D eigenvalue weighted by atomic mass is 79.9. The molecule has 0 aliphatic carbocycles. The zero-order valence-electron chi connectivity index (χ0n) is 14.4. The van der Waals surface area contributed by atoms with Crippen LogP contribution in [0.2, 0.25) is 0 Å². The maximum atomic E-state index is 12.4.